The van der Waals surface area contributed by atoms with Crippen LogP contribution in [-0.2, 0) is 9.47 Å². The van der Waals surface area contributed by atoms with Crippen LogP contribution in [0, 0.1) is 0 Å². The molecule has 0 aromatic rings. The van der Waals surface area contributed by atoms with E-state index in [1.165, 1.54) is 89.9 Å². The molecule has 31 heavy (non-hydrogen) atoms. The number of allylic oxidation sites excluding steroid dienone is 2. The highest BCUT2D eigenvalue weighted by molar-refractivity contribution is 4.87. The zero-order valence-electron chi connectivity index (χ0n) is 20.1. The molecule has 3 N–H and O–H groups in total. The predicted octanol–water partition coefficient (Wildman–Crippen LogP) is 5.30. The lowest BCUT2D eigenvalue weighted by Gasteiger charge is -2.37. The standard InChI is InChI=1S/C26H50O5/c1-2-3-4-5-6-7-8-9-10-11-12-13-14-15-16-17-18-19-20-30-26-23(28)22-31-24(21-27)25(26)29/h11-12,23-29H,2-10,13-22H2,1H3/b12-11+/t23-,24+,25+,26+/m1/s1. The van der Waals surface area contributed by atoms with E-state index in [-0.39, 0.29) is 13.2 Å². The molecule has 0 aliphatic carbocycles. The minimum atomic E-state index is -0.975. The number of aliphatic hydroxyl groups is 3. The van der Waals surface area contributed by atoms with Crippen molar-refractivity contribution in [2.75, 3.05) is 19.8 Å². The zero-order chi connectivity index (χ0) is 22.6. The van der Waals surface area contributed by atoms with Crippen molar-refractivity contribution in [1.82, 2.24) is 0 Å². The van der Waals surface area contributed by atoms with Crippen molar-refractivity contribution < 1.29 is 24.8 Å². The smallest absolute Gasteiger partial charge is 0.114 e. The zero-order valence-corrected chi connectivity index (χ0v) is 20.1. The van der Waals surface area contributed by atoms with E-state index in [1.807, 2.05) is 0 Å². The highest BCUT2D eigenvalue weighted by Gasteiger charge is 2.38. The molecule has 5 nitrogen and oxygen atoms in total. The van der Waals surface area contributed by atoms with E-state index in [1.54, 1.807) is 0 Å². The van der Waals surface area contributed by atoms with Crippen LogP contribution in [-0.4, -0.2) is 59.6 Å². The molecule has 0 aromatic carbocycles. The average molecular weight is 443 g/mol. The highest BCUT2D eigenvalue weighted by atomic mass is 16.6. The van der Waals surface area contributed by atoms with E-state index in [0.717, 1.165) is 12.8 Å². The molecule has 1 rings (SSSR count). The summed E-state index contributed by atoms with van der Waals surface area (Å²) in [4.78, 5) is 0. The number of hydrogen-bond acceptors (Lipinski definition) is 5. The van der Waals surface area contributed by atoms with Crippen molar-refractivity contribution in [3.05, 3.63) is 12.2 Å². The molecule has 184 valence electrons. The maximum atomic E-state index is 10.1. The van der Waals surface area contributed by atoms with Crippen LogP contribution < -0.4 is 0 Å². The molecule has 0 saturated carbocycles. The Kier molecular flexibility index (Phi) is 18.6. The van der Waals surface area contributed by atoms with Crippen molar-refractivity contribution >= 4 is 0 Å². The molecular weight excluding hydrogens is 392 g/mol. The lowest BCUT2D eigenvalue weighted by Crippen LogP contribution is -2.55. The summed E-state index contributed by atoms with van der Waals surface area (Å²) in [6, 6.07) is 0. The molecule has 0 bridgehead atoms. The Balaban J connectivity index is 1.84. The minimum Gasteiger partial charge on any atom is -0.394 e. The summed E-state index contributed by atoms with van der Waals surface area (Å²) in [6.07, 6.45) is 22.2. The van der Waals surface area contributed by atoms with E-state index < -0.39 is 24.4 Å². The third kappa shape index (κ3) is 14.3. The molecule has 0 radical (unpaired) electrons. The fourth-order valence-electron chi connectivity index (χ4n) is 4.15. The second-order valence-corrected chi connectivity index (χ2v) is 9.09. The van der Waals surface area contributed by atoms with Gasteiger partial charge in [0, 0.05) is 6.61 Å². The van der Waals surface area contributed by atoms with Gasteiger partial charge in [-0.1, -0.05) is 89.7 Å². The highest BCUT2D eigenvalue weighted by Crippen LogP contribution is 2.19. The second kappa shape index (κ2) is 20.2. The number of aliphatic hydroxyl groups excluding tert-OH is 3. The van der Waals surface area contributed by atoms with Crippen LogP contribution in [0.2, 0.25) is 0 Å². The van der Waals surface area contributed by atoms with Crippen LogP contribution >= 0.6 is 0 Å². The van der Waals surface area contributed by atoms with Gasteiger partial charge in [-0.05, 0) is 32.1 Å². The molecule has 5 heteroatoms. The van der Waals surface area contributed by atoms with Gasteiger partial charge >= 0.3 is 0 Å². The number of hydrogen-bond donors (Lipinski definition) is 3. The Hall–Kier alpha value is -0.460. The molecule has 1 fully saturated rings. The first-order valence-corrected chi connectivity index (χ1v) is 13.1. The molecule has 0 unspecified atom stereocenters. The summed E-state index contributed by atoms with van der Waals surface area (Å²) in [5.74, 6) is 0. The summed E-state index contributed by atoms with van der Waals surface area (Å²) in [5, 5.41) is 29.2. The summed E-state index contributed by atoms with van der Waals surface area (Å²) < 4.78 is 10.9. The van der Waals surface area contributed by atoms with Gasteiger partial charge in [0.15, 0.2) is 0 Å². The van der Waals surface area contributed by atoms with Crippen LogP contribution in [0.25, 0.3) is 0 Å². The maximum absolute atomic E-state index is 10.1. The topological polar surface area (TPSA) is 79.2 Å². The van der Waals surface area contributed by atoms with Gasteiger partial charge in [0.25, 0.3) is 0 Å². The van der Waals surface area contributed by atoms with Gasteiger partial charge in [-0.15, -0.1) is 0 Å². The quantitative estimate of drug-likeness (QED) is 0.176. The van der Waals surface area contributed by atoms with Crippen LogP contribution in [0.5, 0.6) is 0 Å². The number of unbranched alkanes of at least 4 members (excludes halogenated alkanes) is 14. The summed E-state index contributed by atoms with van der Waals surface area (Å²) in [6.45, 7) is 2.63. The maximum Gasteiger partial charge on any atom is 0.114 e. The fourth-order valence-corrected chi connectivity index (χ4v) is 4.15. The second-order valence-electron chi connectivity index (χ2n) is 9.09. The van der Waals surface area contributed by atoms with Crippen molar-refractivity contribution in [3.8, 4) is 0 Å². The summed E-state index contributed by atoms with van der Waals surface area (Å²) in [7, 11) is 0. The Bertz CT molecular complexity index is 415. The molecule has 4 atom stereocenters. The lowest BCUT2D eigenvalue weighted by molar-refractivity contribution is -0.210. The monoisotopic (exact) mass is 442 g/mol. The van der Waals surface area contributed by atoms with Crippen LogP contribution in [0.3, 0.4) is 0 Å². The van der Waals surface area contributed by atoms with Gasteiger partial charge < -0.3 is 24.8 Å². The summed E-state index contributed by atoms with van der Waals surface area (Å²) in [5.41, 5.74) is 0. The van der Waals surface area contributed by atoms with Crippen molar-refractivity contribution in [2.45, 2.75) is 134 Å². The molecule has 1 aliphatic heterocycles. The van der Waals surface area contributed by atoms with Crippen molar-refractivity contribution in [3.63, 3.8) is 0 Å². The van der Waals surface area contributed by atoms with E-state index in [9.17, 15) is 15.3 Å². The van der Waals surface area contributed by atoms with Crippen molar-refractivity contribution in [2.24, 2.45) is 0 Å². The Morgan fingerprint density at radius 2 is 1.29 bits per heavy atom. The molecule has 1 saturated heterocycles. The van der Waals surface area contributed by atoms with E-state index >= 15 is 0 Å². The van der Waals surface area contributed by atoms with Gasteiger partial charge in [0.2, 0.25) is 0 Å². The van der Waals surface area contributed by atoms with E-state index in [2.05, 4.69) is 19.1 Å². The lowest BCUT2D eigenvalue weighted by atomic mass is 10.0. The van der Waals surface area contributed by atoms with Gasteiger partial charge in [-0.2, -0.15) is 0 Å². The first-order chi connectivity index (χ1) is 15.2. The predicted molar refractivity (Wildman–Crippen MR) is 127 cm³/mol. The molecule has 0 spiro atoms. The molecule has 1 aliphatic rings. The van der Waals surface area contributed by atoms with Crippen LogP contribution in [0.15, 0.2) is 12.2 Å². The Labute approximate surface area is 191 Å². The van der Waals surface area contributed by atoms with E-state index in [0.29, 0.717) is 6.61 Å². The molecule has 0 amide bonds. The summed E-state index contributed by atoms with van der Waals surface area (Å²) >= 11 is 0. The molecular formula is C26H50O5. The third-order valence-electron chi connectivity index (χ3n) is 6.22. The van der Waals surface area contributed by atoms with Gasteiger partial charge in [0.05, 0.1) is 13.2 Å². The van der Waals surface area contributed by atoms with E-state index in [4.69, 9.17) is 9.47 Å². The normalized spacial score (nSPS) is 24.3. The van der Waals surface area contributed by atoms with Gasteiger partial charge in [-0.25, -0.2) is 0 Å². The average Bonchev–Trinajstić information content (AvgIpc) is 2.77. The number of ether oxygens (including phenoxy) is 2. The third-order valence-corrected chi connectivity index (χ3v) is 6.22. The molecule has 0 aromatic heterocycles. The van der Waals surface area contributed by atoms with Gasteiger partial charge in [-0.3, -0.25) is 0 Å². The van der Waals surface area contributed by atoms with Crippen LogP contribution in [0.4, 0.5) is 0 Å². The first-order valence-electron chi connectivity index (χ1n) is 13.1. The Morgan fingerprint density at radius 1 is 0.774 bits per heavy atom. The van der Waals surface area contributed by atoms with Crippen LogP contribution in [0.1, 0.15) is 110 Å². The van der Waals surface area contributed by atoms with Gasteiger partial charge in [0.1, 0.15) is 24.4 Å². The fraction of sp³-hybridized carbons (Fsp3) is 0.923. The molecule has 1 heterocycles. The van der Waals surface area contributed by atoms with Crippen molar-refractivity contribution in [1.29, 1.82) is 0 Å². The Morgan fingerprint density at radius 3 is 1.84 bits per heavy atom. The SMILES string of the molecule is CCCCCCCCCC/C=C/CCCCCCCCO[C@@H]1[C@@H](O)[C@H](CO)OC[C@H]1O. The first kappa shape index (κ1) is 28.6. The number of rotatable bonds is 20. The largest absolute Gasteiger partial charge is 0.394 e. The minimum absolute atomic E-state index is 0.0977.